The van der Waals surface area contributed by atoms with Gasteiger partial charge in [0, 0.05) is 12.1 Å². The quantitative estimate of drug-likeness (QED) is 0.618. The van der Waals surface area contributed by atoms with E-state index in [1.54, 1.807) is 10.9 Å². The van der Waals surface area contributed by atoms with Crippen LogP contribution >= 0.6 is 0 Å². The lowest BCUT2D eigenvalue weighted by Crippen LogP contribution is -1.99. The van der Waals surface area contributed by atoms with Crippen molar-refractivity contribution in [1.82, 2.24) is 14.8 Å². The molecule has 0 aliphatic rings. The van der Waals surface area contributed by atoms with Crippen molar-refractivity contribution in [3.05, 3.63) is 18.7 Å². The van der Waals surface area contributed by atoms with Gasteiger partial charge >= 0.3 is 0 Å². The van der Waals surface area contributed by atoms with Crippen LogP contribution in [0.25, 0.3) is 6.20 Å². The lowest BCUT2D eigenvalue weighted by atomic mass is 10.2. The fraction of sp³-hybridized carbons (Fsp3) is 0.429. The van der Waals surface area contributed by atoms with Gasteiger partial charge in [-0.2, -0.15) is 5.10 Å². The van der Waals surface area contributed by atoms with E-state index >= 15 is 0 Å². The largest absolute Gasteiger partial charge is 0.225 e. The van der Waals surface area contributed by atoms with Gasteiger partial charge in [0.2, 0.25) is 0 Å². The standard InChI is InChI=1S/C7H11N3/c1-4-10-7(6(2)3)8-5-9-10/h4-6H,1H2,2-3H3. The van der Waals surface area contributed by atoms with Crippen molar-refractivity contribution >= 4 is 6.20 Å². The predicted octanol–water partition coefficient (Wildman–Crippen LogP) is 1.50. The van der Waals surface area contributed by atoms with Crippen molar-refractivity contribution in [3.63, 3.8) is 0 Å². The van der Waals surface area contributed by atoms with E-state index in [9.17, 15) is 0 Å². The minimum absolute atomic E-state index is 0.403. The molecule has 0 bridgehead atoms. The van der Waals surface area contributed by atoms with E-state index in [4.69, 9.17) is 0 Å². The molecule has 0 amide bonds. The summed E-state index contributed by atoms with van der Waals surface area (Å²) in [6, 6.07) is 0. The molecule has 0 N–H and O–H groups in total. The monoisotopic (exact) mass is 137 g/mol. The second-order valence-electron chi connectivity index (χ2n) is 2.40. The van der Waals surface area contributed by atoms with Crippen LogP contribution in [0.2, 0.25) is 0 Å². The summed E-state index contributed by atoms with van der Waals surface area (Å²) < 4.78 is 1.69. The fourth-order valence-corrected chi connectivity index (χ4v) is 0.813. The molecule has 0 saturated heterocycles. The Hall–Kier alpha value is -1.12. The third kappa shape index (κ3) is 1.07. The van der Waals surface area contributed by atoms with E-state index in [1.165, 1.54) is 6.33 Å². The Morgan fingerprint density at radius 2 is 2.40 bits per heavy atom. The van der Waals surface area contributed by atoms with Gasteiger partial charge in [0.1, 0.15) is 12.2 Å². The summed E-state index contributed by atoms with van der Waals surface area (Å²) in [4.78, 5) is 4.07. The molecule has 0 aliphatic heterocycles. The Balaban J connectivity index is 3.01. The van der Waals surface area contributed by atoms with Crippen LogP contribution in [-0.4, -0.2) is 14.8 Å². The lowest BCUT2D eigenvalue weighted by Gasteiger charge is -2.01. The van der Waals surface area contributed by atoms with Gasteiger partial charge in [0.05, 0.1) is 0 Å². The van der Waals surface area contributed by atoms with Gasteiger partial charge in [0.25, 0.3) is 0 Å². The third-order valence-electron chi connectivity index (χ3n) is 1.29. The van der Waals surface area contributed by atoms with Crippen molar-refractivity contribution in [2.75, 3.05) is 0 Å². The molecule has 1 aromatic heterocycles. The molecule has 1 rings (SSSR count). The molecule has 3 nitrogen and oxygen atoms in total. The molecule has 3 heteroatoms. The molecule has 0 atom stereocenters. The van der Waals surface area contributed by atoms with Crippen LogP contribution in [0, 0.1) is 0 Å². The van der Waals surface area contributed by atoms with E-state index < -0.39 is 0 Å². The van der Waals surface area contributed by atoms with Crippen molar-refractivity contribution in [2.24, 2.45) is 0 Å². The Morgan fingerprint density at radius 1 is 1.70 bits per heavy atom. The maximum Gasteiger partial charge on any atom is 0.138 e. The summed E-state index contributed by atoms with van der Waals surface area (Å²) in [6.07, 6.45) is 3.19. The van der Waals surface area contributed by atoms with Crippen LogP contribution in [0.1, 0.15) is 25.6 Å². The molecule has 0 fully saturated rings. The Kier molecular flexibility index (Phi) is 1.85. The average Bonchev–Trinajstić information content (AvgIpc) is 2.33. The van der Waals surface area contributed by atoms with Gasteiger partial charge in [-0.3, -0.25) is 0 Å². The Morgan fingerprint density at radius 3 is 2.80 bits per heavy atom. The average molecular weight is 137 g/mol. The maximum absolute atomic E-state index is 4.07. The third-order valence-corrected chi connectivity index (χ3v) is 1.29. The zero-order chi connectivity index (χ0) is 7.56. The highest BCUT2D eigenvalue weighted by atomic mass is 15.3. The maximum atomic E-state index is 4.07. The molecule has 0 aliphatic carbocycles. The molecule has 1 aromatic rings. The summed E-state index contributed by atoms with van der Waals surface area (Å²) in [5.74, 6) is 1.36. The lowest BCUT2D eigenvalue weighted by molar-refractivity contribution is 0.735. The van der Waals surface area contributed by atoms with Gasteiger partial charge in [-0.25, -0.2) is 9.67 Å². The van der Waals surface area contributed by atoms with Gasteiger partial charge in [-0.1, -0.05) is 20.4 Å². The molecule has 0 unspecified atom stereocenters. The number of nitrogens with zero attached hydrogens (tertiary/aromatic N) is 3. The van der Waals surface area contributed by atoms with Crippen LogP contribution in [0.4, 0.5) is 0 Å². The van der Waals surface area contributed by atoms with Crippen molar-refractivity contribution in [1.29, 1.82) is 0 Å². The topological polar surface area (TPSA) is 30.7 Å². The molecule has 54 valence electrons. The summed E-state index contributed by atoms with van der Waals surface area (Å²) in [5, 5.41) is 3.94. The first-order valence-corrected chi connectivity index (χ1v) is 3.27. The van der Waals surface area contributed by atoms with Gasteiger partial charge in [0.15, 0.2) is 0 Å². The van der Waals surface area contributed by atoms with Crippen LogP contribution in [0.5, 0.6) is 0 Å². The van der Waals surface area contributed by atoms with E-state index in [1.807, 2.05) is 0 Å². The summed E-state index contributed by atoms with van der Waals surface area (Å²) in [5.41, 5.74) is 0. The second-order valence-corrected chi connectivity index (χ2v) is 2.40. The van der Waals surface area contributed by atoms with Crippen molar-refractivity contribution in [2.45, 2.75) is 19.8 Å². The van der Waals surface area contributed by atoms with Gasteiger partial charge in [-0.05, 0) is 0 Å². The number of hydrogen-bond acceptors (Lipinski definition) is 2. The first-order chi connectivity index (χ1) is 4.75. The van der Waals surface area contributed by atoms with E-state index in [2.05, 4.69) is 30.5 Å². The molecule has 0 saturated carbocycles. The Labute approximate surface area is 60.4 Å². The minimum Gasteiger partial charge on any atom is -0.225 e. The molecule has 1 heterocycles. The predicted molar refractivity (Wildman–Crippen MR) is 40.5 cm³/mol. The van der Waals surface area contributed by atoms with Gasteiger partial charge < -0.3 is 0 Å². The summed E-state index contributed by atoms with van der Waals surface area (Å²) in [6.45, 7) is 7.75. The molecular formula is C7H11N3. The van der Waals surface area contributed by atoms with E-state index in [-0.39, 0.29) is 0 Å². The Bertz CT molecular complexity index is 225. The molecule has 0 aromatic carbocycles. The van der Waals surface area contributed by atoms with Gasteiger partial charge in [-0.15, -0.1) is 0 Å². The molecular weight excluding hydrogens is 126 g/mol. The van der Waals surface area contributed by atoms with E-state index in [0.29, 0.717) is 5.92 Å². The fourth-order valence-electron chi connectivity index (χ4n) is 0.813. The first kappa shape index (κ1) is 6.99. The highest BCUT2D eigenvalue weighted by Crippen LogP contribution is 2.09. The van der Waals surface area contributed by atoms with Crippen LogP contribution in [0.15, 0.2) is 12.9 Å². The number of aromatic nitrogens is 3. The molecule has 0 radical (unpaired) electrons. The zero-order valence-corrected chi connectivity index (χ0v) is 6.28. The van der Waals surface area contributed by atoms with Crippen molar-refractivity contribution in [3.8, 4) is 0 Å². The minimum atomic E-state index is 0.403. The van der Waals surface area contributed by atoms with E-state index in [0.717, 1.165) is 5.82 Å². The second kappa shape index (κ2) is 2.64. The van der Waals surface area contributed by atoms with Crippen molar-refractivity contribution < 1.29 is 0 Å². The van der Waals surface area contributed by atoms with Crippen LogP contribution < -0.4 is 0 Å². The zero-order valence-electron chi connectivity index (χ0n) is 6.28. The highest BCUT2D eigenvalue weighted by Gasteiger charge is 2.04. The van der Waals surface area contributed by atoms with Crippen LogP contribution in [-0.2, 0) is 0 Å². The smallest absolute Gasteiger partial charge is 0.138 e. The summed E-state index contributed by atoms with van der Waals surface area (Å²) in [7, 11) is 0. The number of rotatable bonds is 2. The normalized spacial score (nSPS) is 10.3. The molecule has 10 heavy (non-hydrogen) atoms. The number of hydrogen-bond donors (Lipinski definition) is 0. The molecule has 0 spiro atoms. The van der Waals surface area contributed by atoms with Crippen LogP contribution in [0.3, 0.4) is 0 Å². The first-order valence-electron chi connectivity index (χ1n) is 3.27. The summed E-state index contributed by atoms with van der Waals surface area (Å²) >= 11 is 0. The highest BCUT2D eigenvalue weighted by molar-refractivity contribution is 5.16. The SMILES string of the molecule is C=Cn1ncnc1C(C)C.